The molecule has 1 rings (SSSR count). The Morgan fingerprint density at radius 2 is 2.00 bits per heavy atom. The normalized spacial score (nSPS) is 11.7. The van der Waals surface area contributed by atoms with Crippen LogP contribution >= 0.6 is 0 Å². The molecule has 1 aromatic carbocycles. The van der Waals surface area contributed by atoms with Crippen LogP contribution in [0.5, 0.6) is 11.5 Å². The second-order valence-electron chi connectivity index (χ2n) is 3.31. The number of benzene rings is 1. The number of primary sulfonamides is 1. The number of hydrogen-bond donors (Lipinski definition) is 2. The van der Waals surface area contributed by atoms with E-state index in [-0.39, 0.29) is 16.7 Å². The molecule has 3 N–H and O–H groups in total. The molecule has 0 bridgehead atoms. The summed E-state index contributed by atoms with van der Waals surface area (Å²) in [6.45, 7) is 3.53. The molecule has 0 aliphatic heterocycles. The van der Waals surface area contributed by atoms with Crippen molar-refractivity contribution in [3.63, 3.8) is 0 Å². The molecule has 0 spiro atoms. The first-order valence-electron chi connectivity index (χ1n) is 4.34. The van der Waals surface area contributed by atoms with Gasteiger partial charge in [-0.15, -0.1) is 0 Å². The lowest BCUT2D eigenvalue weighted by atomic mass is 10.3. The maximum Gasteiger partial charge on any atom is 0.241 e. The second kappa shape index (κ2) is 4.08. The molecule has 0 fully saturated rings. The molecule has 84 valence electrons. The van der Waals surface area contributed by atoms with E-state index in [1.165, 1.54) is 18.2 Å². The van der Waals surface area contributed by atoms with Gasteiger partial charge in [0.15, 0.2) is 11.5 Å². The fourth-order valence-electron chi connectivity index (χ4n) is 1.08. The molecular formula is C9H13NO4S. The summed E-state index contributed by atoms with van der Waals surface area (Å²) < 4.78 is 27.3. The lowest BCUT2D eigenvalue weighted by molar-refractivity contribution is 0.230. The Hall–Kier alpha value is -1.27. The summed E-state index contributed by atoms with van der Waals surface area (Å²) in [6, 6.07) is 4.15. The molecule has 1 aromatic rings. The third kappa shape index (κ3) is 2.84. The maximum atomic E-state index is 11.1. The van der Waals surface area contributed by atoms with E-state index in [0.717, 1.165) is 0 Å². The number of phenols is 1. The lowest BCUT2D eigenvalue weighted by Gasteiger charge is -2.12. The first-order valence-corrected chi connectivity index (χ1v) is 5.88. The van der Waals surface area contributed by atoms with E-state index < -0.39 is 15.8 Å². The van der Waals surface area contributed by atoms with Crippen LogP contribution < -0.4 is 9.88 Å². The first kappa shape index (κ1) is 11.8. The van der Waals surface area contributed by atoms with Crippen molar-refractivity contribution in [3.05, 3.63) is 18.2 Å². The smallest absolute Gasteiger partial charge is 0.241 e. The van der Waals surface area contributed by atoms with Crippen LogP contribution in [0.2, 0.25) is 0 Å². The van der Waals surface area contributed by atoms with Gasteiger partial charge < -0.3 is 9.84 Å². The molecule has 6 heteroatoms. The van der Waals surface area contributed by atoms with Crippen LogP contribution in [0.25, 0.3) is 0 Å². The molecule has 0 amide bonds. The molecule has 0 aliphatic carbocycles. The predicted molar refractivity (Wildman–Crippen MR) is 55.2 cm³/mol. The Morgan fingerprint density at radius 3 is 2.47 bits per heavy atom. The molecule has 0 saturated carbocycles. The molecule has 0 aliphatic rings. The van der Waals surface area contributed by atoms with Crippen LogP contribution in [-0.4, -0.2) is 19.6 Å². The van der Waals surface area contributed by atoms with E-state index in [1.54, 1.807) is 13.8 Å². The Labute approximate surface area is 88.5 Å². The second-order valence-corrected chi connectivity index (χ2v) is 4.84. The van der Waals surface area contributed by atoms with Crippen molar-refractivity contribution in [1.29, 1.82) is 0 Å². The van der Waals surface area contributed by atoms with Crippen LogP contribution in [0, 0.1) is 0 Å². The lowest BCUT2D eigenvalue weighted by Crippen LogP contribution is -2.13. The number of sulfonamides is 1. The molecule has 0 saturated heterocycles. The van der Waals surface area contributed by atoms with Gasteiger partial charge in [0.05, 0.1) is 6.10 Å². The van der Waals surface area contributed by atoms with Crippen molar-refractivity contribution in [2.45, 2.75) is 24.8 Å². The molecule has 15 heavy (non-hydrogen) atoms. The molecule has 0 radical (unpaired) electrons. The standard InChI is InChI=1S/C9H13NO4S/c1-6(2)14-7-4-3-5-8(9(7)11)15(10,12)13/h3-6,11H,1-2H3,(H2,10,12,13). The fourth-order valence-corrected chi connectivity index (χ4v) is 1.72. The average Bonchev–Trinajstić information content (AvgIpc) is 2.05. The largest absolute Gasteiger partial charge is 0.503 e. The van der Waals surface area contributed by atoms with Crippen molar-refractivity contribution in [1.82, 2.24) is 0 Å². The molecule has 0 unspecified atom stereocenters. The number of phenolic OH excluding ortho intramolecular Hbond substituents is 1. The van der Waals surface area contributed by atoms with Gasteiger partial charge in [-0.3, -0.25) is 0 Å². The topological polar surface area (TPSA) is 89.6 Å². The van der Waals surface area contributed by atoms with E-state index in [0.29, 0.717) is 0 Å². The zero-order valence-electron chi connectivity index (χ0n) is 8.47. The van der Waals surface area contributed by atoms with Crippen LogP contribution in [0.4, 0.5) is 0 Å². The predicted octanol–water partition coefficient (Wildman–Crippen LogP) is 0.827. The first-order chi connectivity index (χ1) is 6.82. The number of nitrogens with two attached hydrogens (primary N) is 1. The van der Waals surface area contributed by atoms with E-state index in [4.69, 9.17) is 9.88 Å². The van der Waals surface area contributed by atoms with E-state index >= 15 is 0 Å². The molecular weight excluding hydrogens is 218 g/mol. The highest BCUT2D eigenvalue weighted by Gasteiger charge is 2.17. The van der Waals surface area contributed by atoms with E-state index in [9.17, 15) is 13.5 Å². The Kier molecular flexibility index (Phi) is 3.21. The maximum absolute atomic E-state index is 11.1. The zero-order valence-corrected chi connectivity index (χ0v) is 9.28. The summed E-state index contributed by atoms with van der Waals surface area (Å²) in [6.07, 6.45) is -0.161. The van der Waals surface area contributed by atoms with Crippen molar-refractivity contribution in [3.8, 4) is 11.5 Å². The SMILES string of the molecule is CC(C)Oc1cccc(S(N)(=O)=O)c1O. The highest BCUT2D eigenvalue weighted by molar-refractivity contribution is 7.89. The molecule has 0 heterocycles. The minimum Gasteiger partial charge on any atom is -0.503 e. The number of ether oxygens (including phenoxy) is 1. The van der Waals surface area contributed by atoms with Crippen molar-refractivity contribution < 1.29 is 18.3 Å². The quantitative estimate of drug-likeness (QED) is 0.806. The number of hydrogen-bond acceptors (Lipinski definition) is 4. The van der Waals surface area contributed by atoms with Gasteiger partial charge >= 0.3 is 0 Å². The van der Waals surface area contributed by atoms with Crippen molar-refractivity contribution in [2.75, 3.05) is 0 Å². The van der Waals surface area contributed by atoms with Gasteiger partial charge in [-0.2, -0.15) is 0 Å². The summed E-state index contributed by atoms with van der Waals surface area (Å²) in [5.74, 6) is -0.342. The van der Waals surface area contributed by atoms with Crippen LogP contribution in [0.1, 0.15) is 13.8 Å². The van der Waals surface area contributed by atoms with E-state index in [2.05, 4.69) is 0 Å². The minimum absolute atomic E-state index is 0.108. The van der Waals surface area contributed by atoms with Gasteiger partial charge in [0.1, 0.15) is 4.90 Å². The number of aromatic hydroxyl groups is 1. The monoisotopic (exact) mass is 231 g/mol. The zero-order chi connectivity index (χ0) is 11.6. The third-order valence-corrected chi connectivity index (χ3v) is 2.57. The van der Waals surface area contributed by atoms with E-state index in [1.807, 2.05) is 0 Å². The number of para-hydroxylation sites is 1. The molecule has 0 atom stereocenters. The van der Waals surface area contributed by atoms with Gasteiger partial charge in [-0.05, 0) is 26.0 Å². The summed E-state index contributed by atoms with van der Waals surface area (Å²) in [5, 5.41) is 14.5. The third-order valence-electron chi connectivity index (χ3n) is 1.63. The molecule has 5 nitrogen and oxygen atoms in total. The Balaban J connectivity index is 3.24. The Morgan fingerprint density at radius 1 is 1.40 bits per heavy atom. The summed E-state index contributed by atoms with van der Waals surface area (Å²) in [7, 11) is -3.92. The fraction of sp³-hybridized carbons (Fsp3) is 0.333. The van der Waals surface area contributed by atoms with Crippen molar-refractivity contribution in [2.24, 2.45) is 5.14 Å². The van der Waals surface area contributed by atoms with Gasteiger partial charge in [0.2, 0.25) is 10.0 Å². The summed E-state index contributed by atoms with van der Waals surface area (Å²) in [4.78, 5) is -0.333. The highest BCUT2D eigenvalue weighted by atomic mass is 32.2. The van der Waals surface area contributed by atoms with Crippen molar-refractivity contribution >= 4 is 10.0 Å². The van der Waals surface area contributed by atoms with Crippen LogP contribution in [0.15, 0.2) is 23.1 Å². The summed E-state index contributed by atoms with van der Waals surface area (Å²) >= 11 is 0. The summed E-state index contributed by atoms with van der Waals surface area (Å²) in [5.41, 5.74) is 0. The van der Waals surface area contributed by atoms with Gasteiger partial charge in [0, 0.05) is 0 Å². The highest BCUT2D eigenvalue weighted by Crippen LogP contribution is 2.32. The molecule has 0 aromatic heterocycles. The number of rotatable bonds is 3. The van der Waals surface area contributed by atoms with Crippen LogP contribution in [-0.2, 0) is 10.0 Å². The van der Waals surface area contributed by atoms with Crippen LogP contribution in [0.3, 0.4) is 0 Å². The minimum atomic E-state index is -3.92. The van der Waals surface area contributed by atoms with Gasteiger partial charge in [-0.25, -0.2) is 13.6 Å². The average molecular weight is 231 g/mol. The van der Waals surface area contributed by atoms with Gasteiger partial charge in [0.25, 0.3) is 0 Å². The Bertz CT molecular complexity index is 453. The van der Waals surface area contributed by atoms with Gasteiger partial charge in [-0.1, -0.05) is 6.07 Å².